The lowest BCUT2D eigenvalue weighted by Crippen LogP contribution is -2.51. The van der Waals surface area contributed by atoms with Crippen molar-refractivity contribution in [3.05, 3.63) is 0 Å². The zero-order chi connectivity index (χ0) is 17.5. The average Bonchev–Trinajstić information content (AvgIpc) is 2.49. The molecule has 4 nitrogen and oxygen atoms in total. The SMILES string of the molecule is CCC(C)CC(CC)NCC1CCCCN1C(=O)OC(C)(C)C. The van der Waals surface area contributed by atoms with Crippen molar-refractivity contribution in [2.75, 3.05) is 13.1 Å². The molecule has 1 N–H and O–H groups in total. The number of nitrogens with one attached hydrogen (secondary N) is 1. The van der Waals surface area contributed by atoms with E-state index >= 15 is 0 Å². The first-order chi connectivity index (χ1) is 10.8. The van der Waals surface area contributed by atoms with E-state index in [-0.39, 0.29) is 12.1 Å². The highest BCUT2D eigenvalue weighted by Gasteiger charge is 2.30. The number of ether oxygens (including phenoxy) is 1. The van der Waals surface area contributed by atoms with E-state index in [4.69, 9.17) is 4.74 Å². The minimum absolute atomic E-state index is 0.154. The average molecular weight is 327 g/mol. The van der Waals surface area contributed by atoms with Gasteiger partial charge in [0.2, 0.25) is 0 Å². The van der Waals surface area contributed by atoms with Crippen molar-refractivity contribution < 1.29 is 9.53 Å². The molecule has 1 fully saturated rings. The largest absolute Gasteiger partial charge is 0.444 e. The van der Waals surface area contributed by atoms with Crippen LogP contribution in [0.2, 0.25) is 0 Å². The maximum absolute atomic E-state index is 12.4. The van der Waals surface area contributed by atoms with Gasteiger partial charge in [-0.05, 0) is 58.8 Å². The van der Waals surface area contributed by atoms with Crippen LogP contribution in [0.4, 0.5) is 4.79 Å². The van der Waals surface area contributed by atoms with Crippen LogP contribution in [0.5, 0.6) is 0 Å². The molecule has 1 aliphatic heterocycles. The third-order valence-corrected chi connectivity index (χ3v) is 4.77. The molecule has 4 heteroatoms. The van der Waals surface area contributed by atoms with E-state index in [1.165, 1.54) is 19.3 Å². The van der Waals surface area contributed by atoms with Crippen molar-refractivity contribution in [3.63, 3.8) is 0 Å². The Kier molecular flexibility index (Phi) is 8.38. The van der Waals surface area contributed by atoms with Crippen LogP contribution in [-0.4, -0.2) is 41.8 Å². The molecular weight excluding hydrogens is 288 g/mol. The Bertz CT molecular complexity index is 352. The number of carbonyl (C=O) groups is 1. The molecule has 1 amide bonds. The smallest absolute Gasteiger partial charge is 0.410 e. The van der Waals surface area contributed by atoms with Gasteiger partial charge in [-0.1, -0.05) is 27.2 Å². The van der Waals surface area contributed by atoms with Gasteiger partial charge in [-0.2, -0.15) is 0 Å². The molecule has 3 unspecified atom stereocenters. The Morgan fingerprint density at radius 2 is 1.96 bits per heavy atom. The predicted octanol–water partition coefficient (Wildman–Crippen LogP) is 4.58. The molecule has 0 spiro atoms. The number of likely N-dealkylation sites (tertiary alicyclic amines) is 1. The number of rotatable bonds is 7. The van der Waals surface area contributed by atoms with E-state index in [9.17, 15) is 4.79 Å². The molecule has 3 atom stereocenters. The highest BCUT2D eigenvalue weighted by atomic mass is 16.6. The standard InChI is InChI=1S/C19H38N2O2/c1-7-15(3)13-16(8-2)20-14-17-11-9-10-12-21(17)18(22)23-19(4,5)6/h15-17,20H,7-14H2,1-6H3. The lowest BCUT2D eigenvalue weighted by atomic mass is 9.97. The zero-order valence-electron chi connectivity index (χ0n) is 16.2. The van der Waals surface area contributed by atoms with Crippen LogP contribution < -0.4 is 5.32 Å². The van der Waals surface area contributed by atoms with Crippen molar-refractivity contribution in [1.29, 1.82) is 0 Å². The highest BCUT2D eigenvalue weighted by molar-refractivity contribution is 5.68. The van der Waals surface area contributed by atoms with Gasteiger partial charge in [0.25, 0.3) is 0 Å². The minimum atomic E-state index is -0.422. The summed E-state index contributed by atoms with van der Waals surface area (Å²) in [7, 11) is 0. The van der Waals surface area contributed by atoms with Crippen molar-refractivity contribution in [1.82, 2.24) is 10.2 Å². The van der Waals surface area contributed by atoms with Crippen LogP contribution >= 0.6 is 0 Å². The quantitative estimate of drug-likeness (QED) is 0.744. The molecule has 0 aromatic heterocycles. The molecule has 23 heavy (non-hydrogen) atoms. The van der Waals surface area contributed by atoms with E-state index in [1.54, 1.807) is 0 Å². The lowest BCUT2D eigenvalue weighted by molar-refractivity contribution is 0.00956. The Morgan fingerprint density at radius 3 is 2.52 bits per heavy atom. The Labute approximate surface area is 143 Å². The number of carbonyl (C=O) groups excluding carboxylic acids is 1. The normalized spacial score (nSPS) is 21.8. The fourth-order valence-electron chi connectivity index (χ4n) is 3.12. The molecule has 136 valence electrons. The van der Waals surface area contributed by atoms with Gasteiger partial charge in [0.05, 0.1) is 0 Å². The van der Waals surface area contributed by atoms with Gasteiger partial charge >= 0.3 is 6.09 Å². The summed E-state index contributed by atoms with van der Waals surface area (Å²) >= 11 is 0. The summed E-state index contributed by atoms with van der Waals surface area (Å²) < 4.78 is 5.58. The summed E-state index contributed by atoms with van der Waals surface area (Å²) in [6.45, 7) is 14.3. The summed E-state index contributed by atoms with van der Waals surface area (Å²) in [5, 5.41) is 3.70. The second-order valence-corrected chi connectivity index (χ2v) is 8.09. The molecule has 0 saturated carbocycles. The second kappa shape index (κ2) is 9.51. The molecular formula is C19H38N2O2. The first-order valence-electron chi connectivity index (χ1n) is 9.49. The number of nitrogens with zero attached hydrogens (tertiary/aromatic N) is 1. The first kappa shape index (κ1) is 20.3. The third kappa shape index (κ3) is 7.56. The van der Waals surface area contributed by atoms with Gasteiger partial charge in [-0.25, -0.2) is 4.79 Å². The summed E-state index contributed by atoms with van der Waals surface area (Å²) in [6.07, 6.45) is 6.79. The van der Waals surface area contributed by atoms with Crippen molar-refractivity contribution in [2.24, 2.45) is 5.92 Å². The van der Waals surface area contributed by atoms with Gasteiger partial charge in [0, 0.05) is 25.2 Å². The third-order valence-electron chi connectivity index (χ3n) is 4.77. The Balaban J connectivity index is 2.55. The lowest BCUT2D eigenvalue weighted by Gasteiger charge is -2.37. The van der Waals surface area contributed by atoms with E-state index < -0.39 is 5.60 Å². The van der Waals surface area contributed by atoms with E-state index in [0.29, 0.717) is 6.04 Å². The van der Waals surface area contributed by atoms with Crippen molar-refractivity contribution in [3.8, 4) is 0 Å². The van der Waals surface area contributed by atoms with Crippen LogP contribution in [0.3, 0.4) is 0 Å². The van der Waals surface area contributed by atoms with Gasteiger partial charge in [0.15, 0.2) is 0 Å². The molecule has 1 rings (SSSR count). The maximum atomic E-state index is 12.4. The Morgan fingerprint density at radius 1 is 1.26 bits per heavy atom. The molecule has 0 bridgehead atoms. The minimum Gasteiger partial charge on any atom is -0.444 e. The molecule has 1 heterocycles. The first-order valence-corrected chi connectivity index (χ1v) is 9.49. The fourth-order valence-corrected chi connectivity index (χ4v) is 3.12. The molecule has 0 aromatic carbocycles. The van der Waals surface area contributed by atoms with Crippen LogP contribution in [0.15, 0.2) is 0 Å². The number of hydrogen-bond acceptors (Lipinski definition) is 3. The summed E-state index contributed by atoms with van der Waals surface area (Å²) in [6, 6.07) is 0.817. The van der Waals surface area contributed by atoms with Crippen molar-refractivity contribution >= 4 is 6.09 Å². The zero-order valence-corrected chi connectivity index (χ0v) is 16.2. The number of hydrogen-bond donors (Lipinski definition) is 1. The summed E-state index contributed by atoms with van der Waals surface area (Å²) in [5.74, 6) is 0.751. The van der Waals surface area contributed by atoms with Crippen LogP contribution in [0, 0.1) is 5.92 Å². The Hall–Kier alpha value is -0.770. The fraction of sp³-hybridized carbons (Fsp3) is 0.947. The molecule has 1 aliphatic rings. The van der Waals surface area contributed by atoms with E-state index in [2.05, 4.69) is 26.1 Å². The predicted molar refractivity (Wildman–Crippen MR) is 96.7 cm³/mol. The monoisotopic (exact) mass is 326 g/mol. The van der Waals surface area contributed by atoms with Gasteiger partial charge in [0.1, 0.15) is 5.60 Å². The molecule has 0 aromatic rings. The van der Waals surface area contributed by atoms with Crippen LogP contribution in [-0.2, 0) is 4.74 Å². The second-order valence-electron chi connectivity index (χ2n) is 8.09. The van der Waals surface area contributed by atoms with Gasteiger partial charge in [-0.15, -0.1) is 0 Å². The summed E-state index contributed by atoms with van der Waals surface area (Å²) in [5.41, 5.74) is -0.422. The van der Waals surface area contributed by atoms with E-state index in [1.807, 2.05) is 25.7 Å². The molecule has 1 saturated heterocycles. The van der Waals surface area contributed by atoms with Crippen molar-refractivity contribution in [2.45, 2.75) is 97.8 Å². The van der Waals surface area contributed by atoms with Gasteiger partial charge < -0.3 is 15.0 Å². The highest BCUT2D eigenvalue weighted by Crippen LogP contribution is 2.21. The summed E-state index contributed by atoms with van der Waals surface area (Å²) in [4.78, 5) is 14.4. The molecule has 0 aliphatic carbocycles. The molecule has 0 radical (unpaired) electrons. The van der Waals surface area contributed by atoms with E-state index in [0.717, 1.165) is 38.3 Å². The maximum Gasteiger partial charge on any atom is 0.410 e. The number of piperidine rings is 1. The number of amides is 1. The van der Waals surface area contributed by atoms with Crippen LogP contribution in [0.1, 0.15) is 80.1 Å². The topological polar surface area (TPSA) is 41.6 Å². The van der Waals surface area contributed by atoms with Gasteiger partial charge in [-0.3, -0.25) is 0 Å². The van der Waals surface area contributed by atoms with Crippen LogP contribution in [0.25, 0.3) is 0 Å².